The third-order valence-corrected chi connectivity index (χ3v) is 9.41. The first-order valence-corrected chi connectivity index (χ1v) is 14.0. The number of aryl methyl sites for hydroxylation is 1. The number of carbonyl (C=O) groups is 2. The molecule has 2 heterocycles. The maximum absolute atomic E-state index is 13.5. The summed E-state index contributed by atoms with van der Waals surface area (Å²) in [6.07, 6.45) is 8.32. The van der Waals surface area contributed by atoms with Gasteiger partial charge in [0.1, 0.15) is 12.4 Å². The van der Waals surface area contributed by atoms with Gasteiger partial charge in [-0.1, -0.05) is 36.4 Å². The van der Waals surface area contributed by atoms with Crippen LogP contribution in [-0.2, 0) is 27.8 Å². The molecule has 2 aromatic carbocycles. The minimum atomic E-state index is -0.272. The Morgan fingerprint density at radius 2 is 2.05 bits per heavy atom. The molecule has 0 radical (unpaired) electrons. The van der Waals surface area contributed by atoms with Crippen LogP contribution in [0.2, 0.25) is 0 Å². The van der Waals surface area contributed by atoms with E-state index in [1.165, 1.54) is 30.5 Å². The molecule has 2 fully saturated rings. The lowest BCUT2D eigenvalue weighted by Crippen LogP contribution is -2.61. The average molecular weight is 503 g/mol. The molecule has 2 aromatic rings. The first kappa shape index (κ1) is 24.5. The Morgan fingerprint density at radius 3 is 2.81 bits per heavy atom. The Bertz CT molecular complexity index is 1160. The minimum Gasteiger partial charge on any atom is -0.504 e. The number of nitrogens with zero attached hydrogens (tertiary/aromatic N) is 2. The molecule has 1 N–H and O–H groups in total. The highest BCUT2D eigenvalue weighted by Gasteiger charge is 2.59. The topological polar surface area (TPSA) is 70.1 Å². The number of benzene rings is 2. The second-order valence-corrected chi connectivity index (χ2v) is 11.7. The van der Waals surface area contributed by atoms with Crippen molar-refractivity contribution in [3.63, 3.8) is 0 Å². The van der Waals surface area contributed by atoms with Gasteiger partial charge >= 0.3 is 0 Å². The number of hydrogen-bond acceptors (Lipinski definition) is 5. The van der Waals surface area contributed by atoms with Crippen LogP contribution in [0.3, 0.4) is 0 Å². The van der Waals surface area contributed by atoms with Gasteiger partial charge in [-0.25, -0.2) is 0 Å². The zero-order valence-electron chi connectivity index (χ0n) is 21.8. The molecule has 4 atom stereocenters. The Labute approximate surface area is 219 Å². The standard InChI is InChI=1S/C31H38N2O4/c1-32(27(36)14-11-21-6-3-2-4-7-21)25(8-5-17-34)30-31-15-16-33(20-22-9-10-22)24(19-31)18-23-12-13-26(35)29(37-30)28(23)31/h2-4,6-7,12-13,17,22,24-25,30,35H,5,8-11,14-16,18-20H2,1H3/t24-,25+,30+,31+/m1/s1. The Morgan fingerprint density at radius 1 is 1.24 bits per heavy atom. The molecule has 1 amide bonds. The number of rotatable bonds is 10. The van der Waals surface area contributed by atoms with E-state index in [0.29, 0.717) is 37.5 Å². The number of carbonyl (C=O) groups excluding carboxylic acids is 2. The maximum Gasteiger partial charge on any atom is 0.223 e. The predicted molar refractivity (Wildman–Crippen MR) is 142 cm³/mol. The number of aldehydes is 1. The number of phenols is 1. The molecule has 2 aliphatic heterocycles. The van der Waals surface area contributed by atoms with E-state index in [1.807, 2.05) is 30.1 Å². The van der Waals surface area contributed by atoms with Crippen molar-refractivity contribution in [3.05, 3.63) is 59.2 Å². The smallest absolute Gasteiger partial charge is 0.223 e. The molecule has 196 valence electrons. The SMILES string of the molecule is CN(C(=O)CCc1ccccc1)[C@@H](CCC=O)[C@@H]1Oc2c(O)ccc3c2[C@@]12CCN(CC1CC1)[C@H](C3)C2. The molecule has 6 nitrogen and oxygen atoms in total. The average Bonchev–Trinajstić information content (AvgIpc) is 3.68. The first-order valence-electron chi connectivity index (χ1n) is 14.0. The Balaban J connectivity index is 1.30. The number of phenolic OH excluding ortho intramolecular Hbond substituents is 1. The van der Waals surface area contributed by atoms with E-state index < -0.39 is 0 Å². The molecule has 0 aromatic heterocycles. The van der Waals surface area contributed by atoms with Crippen LogP contribution in [0.15, 0.2) is 42.5 Å². The van der Waals surface area contributed by atoms with Crippen LogP contribution in [0.1, 0.15) is 61.6 Å². The zero-order chi connectivity index (χ0) is 25.6. The van der Waals surface area contributed by atoms with Crippen molar-refractivity contribution in [2.45, 2.75) is 81.4 Å². The van der Waals surface area contributed by atoms with Gasteiger partial charge in [-0.05, 0) is 74.6 Å². The lowest BCUT2D eigenvalue weighted by molar-refractivity contribution is -0.135. The number of ether oxygens (including phenoxy) is 1. The van der Waals surface area contributed by atoms with Crippen LogP contribution in [0.5, 0.6) is 11.5 Å². The summed E-state index contributed by atoms with van der Waals surface area (Å²) < 4.78 is 6.68. The van der Waals surface area contributed by atoms with Crippen molar-refractivity contribution in [1.82, 2.24) is 9.80 Å². The van der Waals surface area contributed by atoms with Crippen LogP contribution >= 0.6 is 0 Å². The van der Waals surface area contributed by atoms with Crippen LogP contribution in [0, 0.1) is 5.92 Å². The lowest BCUT2D eigenvalue weighted by atomic mass is 9.60. The van der Waals surface area contributed by atoms with Gasteiger partial charge in [0.05, 0.1) is 6.04 Å². The van der Waals surface area contributed by atoms with Crippen molar-refractivity contribution in [3.8, 4) is 11.5 Å². The number of likely N-dealkylation sites (N-methyl/N-ethyl adjacent to an activating group) is 1. The predicted octanol–water partition coefficient (Wildman–Crippen LogP) is 4.26. The van der Waals surface area contributed by atoms with E-state index in [0.717, 1.165) is 43.6 Å². The molecule has 6 rings (SSSR count). The van der Waals surface area contributed by atoms with E-state index in [4.69, 9.17) is 4.74 Å². The highest BCUT2D eigenvalue weighted by molar-refractivity contribution is 5.77. The fraction of sp³-hybridized carbons (Fsp3) is 0.548. The summed E-state index contributed by atoms with van der Waals surface area (Å²) in [6.45, 7) is 2.20. The Kier molecular flexibility index (Phi) is 6.47. The molecule has 6 heteroatoms. The van der Waals surface area contributed by atoms with Gasteiger partial charge in [-0.2, -0.15) is 0 Å². The van der Waals surface area contributed by atoms with E-state index in [2.05, 4.69) is 23.1 Å². The summed E-state index contributed by atoms with van der Waals surface area (Å²) in [5, 5.41) is 10.8. The first-order chi connectivity index (χ1) is 18.0. The van der Waals surface area contributed by atoms with Gasteiger partial charge in [-0.15, -0.1) is 0 Å². The largest absolute Gasteiger partial charge is 0.504 e. The molecular formula is C31H38N2O4. The van der Waals surface area contributed by atoms with Gasteiger partial charge < -0.3 is 19.5 Å². The van der Waals surface area contributed by atoms with Crippen LogP contribution in [0.4, 0.5) is 0 Å². The summed E-state index contributed by atoms with van der Waals surface area (Å²) in [5.74, 6) is 1.71. The van der Waals surface area contributed by atoms with Gasteiger partial charge in [0.25, 0.3) is 0 Å². The monoisotopic (exact) mass is 502 g/mol. The summed E-state index contributed by atoms with van der Waals surface area (Å²) in [5.41, 5.74) is 3.35. The number of aromatic hydroxyl groups is 1. The van der Waals surface area contributed by atoms with Gasteiger partial charge in [-0.3, -0.25) is 9.69 Å². The molecule has 37 heavy (non-hydrogen) atoms. The van der Waals surface area contributed by atoms with Crippen molar-refractivity contribution in [1.29, 1.82) is 0 Å². The van der Waals surface area contributed by atoms with Crippen molar-refractivity contribution in [2.24, 2.45) is 5.92 Å². The Hall–Kier alpha value is -2.86. The quantitative estimate of drug-likeness (QED) is 0.492. The summed E-state index contributed by atoms with van der Waals surface area (Å²) in [7, 11) is 1.87. The molecule has 1 saturated carbocycles. The maximum atomic E-state index is 13.5. The molecule has 1 spiro atoms. The van der Waals surface area contributed by atoms with Gasteiger partial charge in [0.2, 0.25) is 5.91 Å². The molecule has 4 aliphatic rings. The second-order valence-electron chi connectivity index (χ2n) is 11.7. The zero-order valence-corrected chi connectivity index (χ0v) is 21.8. The van der Waals surface area contributed by atoms with Crippen molar-refractivity contribution in [2.75, 3.05) is 20.1 Å². The number of fused-ring (bicyclic) bond motifs is 1. The third kappa shape index (κ3) is 4.43. The van der Waals surface area contributed by atoms with E-state index >= 15 is 0 Å². The highest BCUT2D eigenvalue weighted by Crippen LogP contribution is 2.59. The number of amides is 1. The minimum absolute atomic E-state index is 0.0682. The van der Waals surface area contributed by atoms with E-state index in [-0.39, 0.29) is 29.2 Å². The second kappa shape index (κ2) is 9.79. The van der Waals surface area contributed by atoms with Gasteiger partial charge in [0.15, 0.2) is 11.5 Å². The molecule has 2 bridgehead atoms. The molecule has 2 aliphatic carbocycles. The normalized spacial score (nSPS) is 26.7. The van der Waals surface area contributed by atoms with Gasteiger partial charge in [0, 0.05) is 43.5 Å². The fourth-order valence-electron chi connectivity index (χ4n) is 7.31. The van der Waals surface area contributed by atoms with E-state index in [1.54, 1.807) is 6.07 Å². The van der Waals surface area contributed by atoms with Crippen LogP contribution < -0.4 is 4.74 Å². The third-order valence-electron chi connectivity index (χ3n) is 9.41. The molecule has 1 saturated heterocycles. The van der Waals surface area contributed by atoms with Crippen molar-refractivity contribution >= 4 is 12.2 Å². The highest BCUT2D eigenvalue weighted by atomic mass is 16.5. The summed E-state index contributed by atoms with van der Waals surface area (Å²) in [4.78, 5) is 29.5. The van der Waals surface area contributed by atoms with E-state index in [9.17, 15) is 14.7 Å². The lowest BCUT2D eigenvalue weighted by Gasteiger charge is -2.52. The molecule has 0 unspecified atom stereocenters. The number of likely N-dealkylation sites (tertiary alicyclic amines) is 1. The van der Waals surface area contributed by atoms with Crippen molar-refractivity contribution < 1.29 is 19.4 Å². The summed E-state index contributed by atoms with van der Waals surface area (Å²) >= 11 is 0. The number of hydrogen-bond donors (Lipinski definition) is 1. The molecular weight excluding hydrogens is 464 g/mol. The summed E-state index contributed by atoms with van der Waals surface area (Å²) in [6, 6.07) is 14.1. The number of piperidine rings is 1. The van der Waals surface area contributed by atoms with Crippen LogP contribution in [-0.4, -0.2) is 65.4 Å². The van der Waals surface area contributed by atoms with Crippen LogP contribution in [0.25, 0.3) is 0 Å². The fourth-order valence-corrected chi connectivity index (χ4v) is 7.31.